The molecule has 1 aliphatic rings. The van der Waals surface area contributed by atoms with E-state index in [9.17, 15) is 5.02 Å². The third-order valence-corrected chi connectivity index (χ3v) is 3.79. The van der Waals surface area contributed by atoms with Gasteiger partial charge in [0.2, 0.25) is 0 Å². The van der Waals surface area contributed by atoms with E-state index in [1.54, 1.807) is 13.4 Å². The monoisotopic (exact) mass is 310 g/mol. The van der Waals surface area contributed by atoms with E-state index in [-0.39, 0.29) is 0 Å². The standard InChI is InChI=1S/C18H19BO4/c1-3-22-17-8-7-15(10-18(17)21-2)13-5-4-6-14(9-13)16-11-19(20)23-12-16/h4-10,12,20H,3,11H2,1-2H3. The summed E-state index contributed by atoms with van der Waals surface area (Å²) in [7, 11) is 0.902. The fourth-order valence-corrected chi connectivity index (χ4v) is 2.65. The average molecular weight is 310 g/mol. The van der Waals surface area contributed by atoms with Gasteiger partial charge in [0.05, 0.1) is 20.0 Å². The first-order valence-corrected chi connectivity index (χ1v) is 7.65. The quantitative estimate of drug-likeness (QED) is 0.857. The van der Waals surface area contributed by atoms with Crippen LogP contribution in [0, 0.1) is 0 Å². The summed E-state index contributed by atoms with van der Waals surface area (Å²) < 4.78 is 16.1. The molecule has 3 rings (SSSR count). The van der Waals surface area contributed by atoms with Crippen molar-refractivity contribution in [1.82, 2.24) is 0 Å². The van der Waals surface area contributed by atoms with Gasteiger partial charge < -0.3 is 19.2 Å². The van der Waals surface area contributed by atoms with E-state index in [1.165, 1.54) is 0 Å². The van der Waals surface area contributed by atoms with Crippen LogP contribution in [0.2, 0.25) is 6.32 Å². The molecule has 23 heavy (non-hydrogen) atoms. The van der Waals surface area contributed by atoms with E-state index in [1.807, 2.05) is 43.3 Å². The molecule has 2 aromatic rings. The fraction of sp³-hybridized carbons (Fsp3) is 0.222. The van der Waals surface area contributed by atoms with Crippen molar-refractivity contribution in [2.75, 3.05) is 13.7 Å². The second-order valence-electron chi connectivity index (χ2n) is 5.32. The van der Waals surface area contributed by atoms with Crippen molar-refractivity contribution in [2.45, 2.75) is 13.2 Å². The number of hydrogen-bond donors (Lipinski definition) is 1. The van der Waals surface area contributed by atoms with Gasteiger partial charge in [-0.3, -0.25) is 0 Å². The maximum atomic E-state index is 9.49. The first-order valence-electron chi connectivity index (χ1n) is 7.65. The van der Waals surface area contributed by atoms with Crippen molar-refractivity contribution in [3.8, 4) is 22.6 Å². The van der Waals surface area contributed by atoms with Crippen molar-refractivity contribution in [3.05, 3.63) is 54.3 Å². The van der Waals surface area contributed by atoms with Crippen molar-refractivity contribution >= 4 is 12.7 Å². The molecule has 0 saturated heterocycles. The minimum absolute atomic E-state index is 0.510. The number of methoxy groups -OCH3 is 1. The smallest absolute Gasteiger partial charge is 0.526 e. The van der Waals surface area contributed by atoms with Gasteiger partial charge in [-0.2, -0.15) is 0 Å². The van der Waals surface area contributed by atoms with Crippen LogP contribution in [0.15, 0.2) is 48.7 Å². The molecule has 0 radical (unpaired) electrons. The molecule has 1 aliphatic heterocycles. The van der Waals surface area contributed by atoms with Crippen LogP contribution in [0.3, 0.4) is 0 Å². The highest BCUT2D eigenvalue weighted by Gasteiger charge is 2.23. The Hall–Kier alpha value is -2.40. The summed E-state index contributed by atoms with van der Waals surface area (Å²) >= 11 is 0. The third-order valence-electron chi connectivity index (χ3n) is 3.79. The minimum atomic E-state index is -0.737. The molecule has 0 bridgehead atoms. The molecule has 4 nitrogen and oxygen atoms in total. The maximum absolute atomic E-state index is 9.49. The Balaban J connectivity index is 1.93. The van der Waals surface area contributed by atoms with Gasteiger partial charge in [0.1, 0.15) is 0 Å². The van der Waals surface area contributed by atoms with E-state index in [2.05, 4.69) is 6.07 Å². The van der Waals surface area contributed by atoms with Gasteiger partial charge in [-0.1, -0.05) is 24.3 Å². The SMILES string of the molecule is CCOc1ccc(-c2cccc(C3=COB(O)C3)c2)cc1OC. The Morgan fingerprint density at radius 1 is 1.09 bits per heavy atom. The van der Waals surface area contributed by atoms with E-state index < -0.39 is 7.12 Å². The summed E-state index contributed by atoms with van der Waals surface area (Å²) in [4.78, 5) is 0. The van der Waals surface area contributed by atoms with Crippen molar-refractivity contribution in [2.24, 2.45) is 0 Å². The number of benzene rings is 2. The van der Waals surface area contributed by atoms with Gasteiger partial charge in [-0.15, -0.1) is 0 Å². The molecule has 0 fully saturated rings. The zero-order chi connectivity index (χ0) is 16.2. The lowest BCUT2D eigenvalue weighted by molar-refractivity contribution is 0.311. The minimum Gasteiger partial charge on any atom is -0.542 e. The van der Waals surface area contributed by atoms with E-state index in [4.69, 9.17) is 14.1 Å². The Labute approximate surface area is 136 Å². The predicted octanol–water partition coefficient (Wildman–Crippen LogP) is 3.61. The number of hydrogen-bond acceptors (Lipinski definition) is 4. The molecule has 1 N–H and O–H groups in total. The molecule has 0 amide bonds. The second-order valence-corrected chi connectivity index (χ2v) is 5.32. The normalized spacial score (nSPS) is 13.5. The molecule has 0 aliphatic carbocycles. The first kappa shape index (κ1) is 15.5. The summed E-state index contributed by atoms with van der Waals surface area (Å²) in [5.74, 6) is 1.46. The number of rotatable bonds is 5. The van der Waals surface area contributed by atoms with E-state index in [0.717, 1.165) is 28.0 Å². The molecular formula is C18H19BO4. The summed E-state index contributed by atoms with van der Waals surface area (Å²) in [6.07, 6.45) is 2.14. The Morgan fingerprint density at radius 2 is 1.87 bits per heavy atom. The van der Waals surface area contributed by atoms with Gasteiger partial charge in [0, 0.05) is 6.32 Å². The highest BCUT2D eigenvalue weighted by molar-refractivity contribution is 6.47. The van der Waals surface area contributed by atoms with Gasteiger partial charge >= 0.3 is 7.12 Å². The van der Waals surface area contributed by atoms with Crippen molar-refractivity contribution in [3.63, 3.8) is 0 Å². The maximum Gasteiger partial charge on any atom is 0.526 e. The fourth-order valence-electron chi connectivity index (χ4n) is 2.65. The molecule has 2 aromatic carbocycles. The molecule has 5 heteroatoms. The molecule has 0 aromatic heterocycles. The van der Waals surface area contributed by atoms with Gasteiger partial charge in [0.25, 0.3) is 0 Å². The molecule has 0 saturated carbocycles. The largest absolute Gasteiger partial charge is 0.542 e. The van der Waals surface area contributed by atoms with Crippen LogP contribution in [-0.2, 0) is 4.65 Å². The average Bonchev–Trinajstić information content (AvgIpc) is 3.02. The van der Waals surface area contributed by atoms with Gasteiger partial charge in [-0.05, 0) is 47.4 Å². The highest BCUT2D eigenvalue weighted by atomic mass is 16.5. The van der Waals surface area contributed by atoms with Gasteiger partial charge in [0.15, 0.2) is 11.5 Å². The van der Waals surface area contributed by atoms with Crippen LogP contribution in [0.25, 0.3) is 16.7 Å². The summed E-state index contributed by atoms with van der Waals surface area (Å²) in [5.41, 5.74) is 4.17. The number of ether oxygens (including phenoxy) is 2. The summed E-state index contributed by atoms with van der Waals surface area (Å²) in [6, 6.07) is 14.1. The Morgan fingerprint density at radius 3 is 2.57 bits per heavy atom. The van der Waals surface area contributed by atoms with Crippen LogP contribution >= 0.6 is 0 Å². The molecule has 118 valence electrons. The lowest BCUT2D eigenvalue weighted by Crippen LogP contribution is -2.08. The van der Waals surface area contributed by atoms with Crippen LogP contribution in [0.4, 0.5) is 0 Å². The highest BCUT2D eigenvalue weighted by Crippen LogP contribution is 2.34. The Bertz CT molecular complexity index is 727. The second kappa shape index (κ2) is 6.79. The van der Waals surface area contributed by atoms with Crippen LogP contribution in [-0.4, -0.2) is 25.9 Å². The van der Waals surface area contributed by atoms with Crippen LogP contribution in [0.5, 0.6) is 11.5 Å². The molecule has 0 unspecified atom stereocenters. The van der Waals surface area contributed by atoms with E-state index in [0.29, 0.717) is 18.7 Å². The molecular weight excluding hydrogens is 291 g/mol. The first-order chi connectivity index (χ1) is 11.2. The topological polar surface area (TPSA) is 47.9 Å². The van der Waals surface area contributed by atoms with E-state index >= 15 is 0 Å². The zero-order valence-electron chi connectivity index (χ0n) is 13.3. The molecule has 0 atom stereocenters. The third kappa shape index (κ3) is 3.35. The lowest BCUT2D eigenvalue weighted by Gasteiger charge is -2.12. The summed E-state index contributed by atoms with van der Waals surface area (Å²) in [6.45, 7) is 2.55. The van der Waals surface area contributed by atoms with Crippen molar-refractivity contribution < 1.29 is 19.2 Å². The summed E-state index contributed by atoms with van der Waals surface area (Å²) in [5, 5.41) is 9.49. The zero-order valence-corrected chi connectivity index (χ0v) is 13.3. The molecule has 1 heterocycles. The molecule has 0 spiro atoms. The van der Waals surface area contributed by atoms with Gasteiger partial charge in [-0.25, -0.2) is 0 Å². The number of allylic oxidation sites excluding steroid dienone is 1. The van der Waals surface area contributed by atoms with Crippen LogP contribution in [0.1, 0.15) is 12.5 Å². The predicted molar refractivity (Wildman–Crippen MR) is 91.4 cm³/mol. The lowest BCUT2D eigenvalue weighted by atomic mass is 9.81. The van der Waals surface area contributed by atoms with Crippen molar-refractivity contribution in [1.29, 1.82) is 0 Å². The Kier molecular flexibility index (Phi) is 4.58. The van der Waals surface area contributed by atoms with Crippen LogP contribution < -0.4 is 9.47 Å².